The van der Waals surface area contributed by atoms with E-state index in [1.807, 2.05) is 0 Å². The predicted octanol–water partition coefficient (Wildman–Crippen LogP) is 2.84. The predicted molar refractivity (Wildman–Crippen MR) is 95.6 cm³/mol. The fraction of sp³-hybridized carbons (Fsp3) is 0.611. The summed E-state index contributed by atoms with van der Waals surface area (Å²) in [6, 6.07) is 1.85. The van der Waals surface area contributed by atoms with E-state index in [0.29, 0.717) is 0 Å². The van der Waals surface area contributed by atoms with E-state index in [1.165, 1.54) is 7.11 Å². The minimum atomic E-state index is -3.18. The molecule has 154 valence electrons. The maximum absolute atomic E-state index is 12.9. The third kappa shape index (κ3) is 4.16. The van der Waals surface area contributed by atoms with Gasteiger partial charge in [-0.25, -0.2) is 0 Å². The second kappa shape index (κ2) is 8.26. The van der Waals surface area contributed by atoms with Crippen LogP contribution >= 0.6 is 0 Å². The van der Waals surface area contributed by atoms with Crippen LogP contribution < -0.4 is 20.5 Å². The summed E-state index contributed by atoms with van der Waals surface area (Å²) in [5.41, 5.74) is 5.22. The number of carbonyl (C=O) groups excluding carboxylic acids is 1. The lowest BCUT2D eigenvalue weighted by Gasteiger charge is -2.45. The van der Waals surface area contributed by atoms with Crippen molar-refractivity contribution in [1.29, 1.82) is 0 Å². The molecule has 2 atom stereocenters. The fourth-order valence-electron chi connectivity index (χ4n) is 4.48. The lowest BCUT2D eigenvalue weighted by molar-refractivity contribution is -0.385. The molecule has 3 rings (SSSR count). The molecule has 0 aliphatic heterocycles. The summed E-state index contributed by atoms with van der Waals surface area (Å²) in [5.74, 6) is -0.850. The molecule has 3 N–H and O–H groups in total. The number of fused-ring (bicyclic) bond motifs is 2. The zero-order valence-corrected chi connectivity index (χ0v) is 15.4. The summed E-state index contributed by atoms with van der Waals surface area (Å²) < 4.78 is 34.4. The molecule has 2 unspecified atom stereocenters. The normalized spacial score (nSPS) is 26.6. The van der Waals surface area contributed by atoms with Crippen molar-refractivity contribution in [3.05, 3.63) is 27.8 Å². The molecule has 0 saturated heterocycles. The average Bonchev–Trinajstić information content (AvgIpc) is 2.61. The second-order valence-electron chi connectivity index (χ2n) is 7.34. The molecule has 2 saturated carbocycles. The molecule has 0 aromatic heterocycles. The van der Waals surface area contributed by atoms with Crippen LogP contribution in [-0.4, -0.2) is 36.6 Å². The van der Waals surface area contributed by atoms with E-state index >= 15 is 0 Å². The Morgan fingerprint density at radius 3 is 2.46 bits per heavy atom. The van der Waals surface area contributed by atoms with Crippen molar-refractivity contribution in [2.75, 3.05) is 7.11 Å². The van der Waals surface area contributed by atoms with Crippen molar-refractivity contribution in [3.63, 3.8) is 0 Å². The molecule has 1 aromatic carbocycles. The van der Waals surface area contributed by atoms with Crippen LogP contribution in [0.3, 0.4) is 0 Å². The third-order valence-electron chi connectivity index (χ3n) is 5.61. The number of halogens is 2. The first-order valence-corrected chi connectivity index (χ1v) is 9.17. The Kier molecular flexibility index (Phi) is 5.97. The number of nitrogens with zero attached hydrogens (tertiary/aromatic N) is 1. The molecule has 2 fully saturated rings. The largest absolute Gasteiger partial charge is 0.493 e. The second-order valence-corrected chi connectivity index (χ2v) is 7.34. The fourth-order valence-corrected chi connectivity index (χ4v) is 4.48. The molecule has 8 nitrogen and oxygen atoms in total. The van der Waals surface area contributed by atoms with Gasteiger partial charge >= 0.3 is 6.61 Å². The van der Waals surface area contributed by atoms with Crippen LogP contribution in [0.2, 0.25) is 0 Å². The Bertz CT molecular complexity index is 747. The highest BCUT2D eigenvalue weighted by Crippen LogP contribution is 2.40. The molecule has 10 heteroatoms. The van der Waals surface area contributed by atoms with Crippen molar-refractivity contribution in [2.45, 2.75) is 50.8 Å². The van der Waals surface area contributed by atoms with Crippen LogP contribution in [-0.2, 0) is 0 Å². The van der Waals surface area contributed by atoms with E-state index in [2.05, 4.69) is 10.1 Å². The van der Waals surface area contributed by atoms with Gasteiger partial charge in [0, 0.05) is 18.2 Å². The Morgan fingerprint density at radius 2 is 1.93 bits per heavy atom. The first-order chi connectivity index (χ1) is 13.3. The number of rotatable bonds is 6. The van der Waals surface area contributed by atoms with Gasteiger partial charge in [-0.2, -0.15) is 8.78 Å². The first-order valence-electron chi connectivity index (χ1n) is 9.17. The van der Waals surface area contributed by atoms with Crippen LogP contribution in [0.1, 0.15) is 42.5 Å². The molecule has 0 heterocycles. The van der Waals surface area contributed by atoms with E-state index in [4.69, 9.17) is 10.5 Å². The number of methoxy groups -OCH3 is 1. The Morgan fingerprint density at radius 1 is 1.29 bits per heavy atom. The number of ether oxygens (including phenoxy) is 2. The summed E-state index contributed by atoms with van der Waals surface area (Å²) in [6.45, 7) is -3.18. The third-order valence-corrected chi connectivity index (χ3v) is 5.61. The van der Waals surface area contributed by atoms with Crippen molar-refractivity contribution in [1.82, 2.24) is 5.32 Å². The van der Waals surface area contributed by atoms with Crippen LogP contribution in [0.25, 0.3) is 0 Å². The first kappa shape index (κ1) is 20.2. The monoisotopic (exact) mass is 399 g/mol. The Balaban J connectivity index is 1.89. The van der Waals surface area contributed by atoms with Gasteiger partial charge in [-0.05, 0) is 37.5 Å². The van der Waals surface area contributed by atoms with Gasteiger partial charge in [0.1, 0.15) is 5.56 Å². The van der Waals surface area contributed by atoms with E-state index in [1.54, 1.807) is 0 Å². The number of carbonyl (C=O) groups is 1. The van der Waals surface area contributed by atoms with E-state index < -0.39 is 28.9 Å². The molecule has 2 bridgehead atoms. The van der Waals surface area contributed by atoms with Gasteiger partial charge in [0.2, 0.25) is 0 Å². The smallest absolute Gasteiger partial charge is 0.387 e. The number of nitrogens with one attached hydrogen (secondary N) is 1. The average molecular weight is 399 g/mol. The quantitative estimate of drug-likeness (QED) is 0.561. The lowest BCUT2D eigenvalue weighted by atomic mass is 9.67. The maximum atomic E-state index is 12.9. The van der Waals surface area contributed by atoms with Crippen molar-refractivity contribution < 1.29 is 28.0 Å². The molecule has 0 radical (unpaired) electrons. The van der Waals surface area contributed by atoms with E-state index in [-0.39, 0.29) is 35.2 Å². The summed E-state index contributed by atoms with van der Waals surface area (Å²) >= 11 is 0. The molecule has 2 aliphatic rings. The Hall–Kier alpha value is -2.49. The summed E-state index contributed by atoms with van der Waals surface area (Å²) in [6.07, 6.45) is 4.56. The highest BCUT2D eigenvalue weighted by atomic mass is 19.3. The van der Waals surface area contributed by atoms with Gasteiger partial charge in [-0.15, -0.1) is 0 Å². The number of amides is 1. The number of nitro benzene ring substituents is 1. The summed E-state index contributed by atoms with van der Waals surface area (Å²) in [4.78, 5) is 23.5. The number of hydrogen-bond donors (Lipinski definition) is 2. The van der Waals surface area contributed by atoms with Gasteiger partial charge in [-0.1, -0.05) is 6.42 Å². The van der Waals surface area contributed by atoms with Gasteiger partial charge in [0.15, 0.2) is 11.5 Å². The summed E-state index contributed by atoms with van der Waals surface area (Å²) in [5, 5.41) is 14.3. The minimum absolute atomic E-state index is 0.101. The van der Waals surface area contributed by atoms with Crippen LogP contribution in [0.4, 0.5) is 14.5 Å². The summed E-state index contributed by atoms with van der Waals surface area (Å²) in [7, 11) is 1.20. The molecule has 1 aromatic rings. The van der Waals surface area contributed by atoms with Crippen LogP contribution in [0, 0.1) is 22.0 Å². The van der Waals surface area contributed by atoms with Gasteiger partial charge in [-0.3, -0.25) is 14.9 Å². The minimum Gasteiger partial charge on any atom is -0.493 e. The van der Waals surface area contributed by atoms with Crippen molar-refractivity contribution in [3.8, 4) is 11.5 Å². The topological polar surface area (TPSA) is 117 Å². The molecule has 28 heavy (non-hydrogen) atoms. The Labute approximate surface area is 160 Å². The zero-order chi connectivity index (χ0) is 20.4. The zero-order valence-electron chi connectivity index (χ0n) is 15.4. The standard InChI is InChI=1S/C18H23F2N3O5/c1-27-14-7-12(13(23(25)26)8-15(14)28-18(19)20)17(24)22-16-9-3-2-4-10(16)6-11(21)5-9/h7-11,16,18H,2-6,21H2,1H3,(H,22,24). The molecule has 1 amide bonds. The highest BCUT2D eigenvalue weighted by Gasteiger charge is 2.40. The molecular formula is C18H23F2N3O5. The number of alkyl halides is 2. The number of nitrogens with two attached hydrogens (primary N) is 1. The van der Waals surface area contributed by atoms with Crippen LogP contribution in [0.15, 0.2) is 12.1 Å². The van der Waals surface area contributed by atoms with Gasteiger partial charge in [0.05, 0.1) is 18.1 Å². The van der Waals surface area contributed by atoms with Gasteiger partial charge < -0.3 is 20.5 Å². The molecular weight excluding hydrogens is 376 g/mol. The number of benzene rings is 1. The van der Waals surface area contributed by atoms with E-state index in [0.717, 1.165) is 44.2 Å². The lowest BCUT2D eigenvalue weighted by Crippen LogP contribution is -2.53. The van der Waals surface area contributed by atoms with Gasteiger partial charge in [0.25, 0.3) is 11.6 Å². The van der Waals surface area contributed by atoms with E-state index in [9.17, 15) is 23.7 Å². The molecule has 0 spiro atoms. The van der Waals surface area contributed by atoms with Crippen LogP contribution in [0.5, 0.6) is 11.5 Å². The van der Waals surface area contributed by atoms with Crippen molar-refractivity contribution in [2.24, 2.45) is 17.6 Å². The number of nitro groups is 1. The van der Waals surface area contributed by atoms with Crippen molar-refractivity contribution >= 4 is 11.6 Å². The maximum Gasteiger partial charge on any atom is 0.387 e. The molecule has 2 aliphatic carbocycles. The highest BCUT2D eigenvalue weighted by molar-refractivity contribution is 5.99. The SMILES string of the molecule is COc1cc(C(=O)NC2C3CCCC2CC(N)C3)c([N+](=O)[O-])cc1OC(F)F. The number of hydrogen-bond acceptors (Lipinski definition) is 6.